The number of nitrogens with zero attached hydrogens (tertiary/aromatic N) is 1. The number of hydrogen-bond donors (Lipinski definition) is 2. The number of allylic oxidation sites excluding steroid dienone is 4. The number of nitro groups is 1. The lowest BCUT2D eigenvalue weighted by atomic mass is 9.76. The number of carbonyl (C=O) groups is 1. The summed E-state index contributed by atoms with van der Waals surface area (Å²) in [6, 6.07) is 2.53. The van der Waals surface area contributed by atoms with Crippen LogP contribution in [0.1, 0.15) is 18.9 Å². The third kappa shape index (κ3) is 2.27. The Kier molecular flexibility index (Phi) is 3.31. The van der Waals surface area contributed by atoms with Crippen molar-refractivity contribution in [3.8, 4) is 11.5 Å². The first-order chi connectivity index (χ1) is 9.37. The van der Waals surface area contributed by atoms with E-state index in [2.05, 4.69) is 0 Å². The molecule has 0 radical (unpaired) electrons. The summed E-state index contributed by atoms with van der Waals surface area (Å²) in [5.41, 5.74) is -0.0839. The van der Waals surface area contributed by atoms with E-state index >= 15 is 0 Å². The minimum Gasteiger partial charge on any atom is -0.504 e. The number of nitro benzene ring substituents is 1. The van der Waals surface area contributed by atoms with Gasteiger partial charge in [0, 0.05) is 17.1 Å². The highest BCUT2D eigenvalue weighted by molar-refractivity contribution is 5.78. The van der Waals surface area contributed by atoms with Crippen molar-refractivity contribution in [1.29, 1.82) is 0 Å². The average Bonchev–Trinajstić information content (AvgIpc) is 2.42. The zero-order valence-electron chi connectivity index (χ0n) is 10.7. The molecule has 1 aromatic rings. The zero-order valence-corrected chi connectivity index (χ0v) is 10.7. The Balaban J connectivity index is 2.49. The Hall–Kier alpha value is -2.63. The molecule has 1 aromatic carbocycles. The van der Waals surface area contributed by atoms with Crippen LogP contribution in [0.25, 0.3) is 0 Å². The van der Waals surface area contributed by atoms with Gasteiger partial charge in [0.05, 0.1) is 4.92 Å². The van der Waals surface area contributed by atoms with E-state index < -0.39 is 27.5 Å². The largest absolute Gasteiger partial charge is 0.504 e. The molecule has 0 aromatic heterocycles. The van der Waals surface area contributed by atoms with Crippen LogP contribution in [-0.2, 0) is 10.2 Å². The molecular weight excluding hydrogens is 262 g/mol. The summed E-state index contributed by atoms with van der Waals surface area (Å²) in [6.45, 7) is 1.83. The number of phenols is 2. The molecule has 6 heteroatoms. The van der Waals surface area contributed by atoms with Crippen LogP contribution in [0.5, 0.6) is 11.5 Å². The van der Waals surface area contributed by atoms with Gasteiger partial charge in [0.2, 0.25) is 5.75 Å². The van der Waals surface area contributed by atoms with E-state index in [4.69, 9.17) is 0 Å². The van der Waals surface area contributed by atoms with Crippen molar-refractivity contribution in [2.45, 2.75) is 18.8 Å². The molecule has 6 nitrogen and oxygen atoms in total. The standard InChI is InChI=1S/C14H13NO5/c1-14(4-2-9(8-16)3-5-14)10-6-11(15(19)20)13(18)12(17)7-10/h2-4,6-8,17-18H,5H2,1H3. The van der Waals surface area contributed by atoms with Gasteiger partial charge in [-0.05, 0) is 18.1 Å². The number of benzene rings is 1. The molecule has 1 aliphatic carbocycles. The van der Waals surface area contributed by atoms with Gasteiger partial charge in [0.25, 0.3) is 0 Å². The Morgan fingerprint density at radius 2 is 2.10 bits per heavy atom. The van der Waals surface area contributed by atoms with Crippen molar-refractivity contribution in [3.05, 3.63) is 51.6 Å². The molecule has 20 heavy (non-hydrogen) atoms. The third-order valence-electron chi connectivity index (χ3n) is 3.47. The smallest absolute Gasteiger partial charge is 0.314 e. The first-order valence-corrected chi connectivity index (χ1v) is 5.93. The molecule has 1 aliphatic rings. The summed E-state index contributed by atoms with van der Waals surface area (Å²) in [4.78, 5) is 20.8. The van der Waals surface area contributed by atoms with E-state index in [1.165, 1.54) is 12.1 Å². The molecule has 1 unspecified atom stereocenters. The number of phenolic OH excluding ortho intramolecular Hbond substituents is 2. The first kappa shape index (κ1) is 13.8. The topological polar surface area (TPSA) is 101 Å². The van der Waals surface area contributed by atoms with Crippen LogP contribution < -0.4 is 0 Å². The second-order valence-corrected chi connectivity index (χ2v) is 4.90. The lowest BCUT2D eigenvalue weighted by molar-refractivity contribution is -0.386. The molecule has 0 saturated heterocycles. The predicted molar refractivity (Wildman–Crippen MR) is 71.7 cm³/mol. The summed E-state index contributed by atoms with van der Waals surface area (Å²) in [7, 11) is 0. The van der Waals surface area contributed by atoms with Gasteiger partial charge in [0.1, 0.15) is 6.29 Å². The molecule has 1 atom stereocenters. The summed E-state index contributed by atoms with van der Waals surface area (Å²) in [6.07, 6.45) is 6.31. The normalized spacial score (nSPS) is 21.4. The van der Waals surface area contributed by atoms with Crippen LogP contribution >= 0.6 is 0 Å². The second kappa shape index (κ2) is 4.80. The monoisotopic (exact) mass is 275 g/mol. The van der Waals surface area contributed by atoms with Crippen LogP contribution in [0.3, 0.4) is 0 Å². The fourth-order valence-electron chi connectivity index (χ4n) is 2.12. The summed E-state index contributed by atoms with van der Waals surface area (Å²) in [5.74, 6) is -1.28. The quantitative estimate of drug-likeness (QED) is 0.381. The molecular formula is C14H13NO5. The fourth-order valence-corrected chi connectivity index (χ4v) is 2.12. The Labute approximate surface area is 114 Å². The van der Waals surface area contributed by atoms with Gasteiger partial charge in [-0.1, -0.05) is 25.2 Å². The zero-order chi connectivity index (χ0) is 14.9. The Morgan fingerprint density at radius 3 is 2.60 bits per heavy atom. The molecule has 0 spiro atoms. The number of aromatic hydroxyl groups is 2. The molecule has 0 saturated carbocycles. The lowest BCUT2D eigenvalue weighted by Crippen LogP contribution is -2.20. The van der Waals surface area contributed by atoms with Crippen LogP contribution in [0, 0.1) is 10.1 Å². The maximum absolute atomic E-state index is 10.9. The van der Waals surface area contributed by atoms with E-state index in [0.717, 1.165) is 6.29 Å². The van der Waals surface area contributed by atoms with Crippen molar-refractivity contribution in [1.82, 2.24) is 0 Å². The minimum atomic E-state index is -0.749. The molecule has 2 rings (SSSR count). The Morgan fingerprint density at radius 1 is 1.40 bits per heavy atom. The predicted octanol–water partition coefficient (Wildman–Crippen LogP) is 2.35. The van der Waals surface area contributed by atoms with Crippen LogP contribution in [-0.4, -0.2) is 21.4 Å². The summed E-state index contributed by atoms with van der Waals surface area (Å²) >= 11 is 0. The van der Waals surface area contributed by atoms with Gasteiger partial charge < -0.3 is 10.2 Å². The average molecular weight is 275 g/mol. The molecule has 2 N–H and O–H groups in total. The van der Waals surface area contributed by atoms with Crippen molar-refractivity contribution in [2.75, 3.05) is 0 Å². The van der Waals surface area contributed by atoms with Gasteiger partial charge in [-0.2, -0.15) is 0 Å². The highest BCUT2D eigenvalue weighted by Crippen LogP contribution is 2.42. The van der Waals surface area contributed by atoms with Gasteiger partial charge in [0.15, 0.2) is 5.75 Å². The van der Waals surface area contributed by atoms with Gasteiger partial charge in [-0.15, -0.1) is 0 Å². The third-order valence-corrected chi connectivity index (χ3v) is 3.47. The van der Waals surface area contributed by atoms with Gasteiger partial charge in [-0.25, -0.2) is 0 Å². The van der Waals surface area contributed by atoms with E-state index in [0.29, 0.717) is 17.6 Å². The van der Waals surface area contributed by atoms with E-state index in [1.807, 2.05) is 6.92 Å². The van der Waals surface area contributed by atoms with E-state index in [-0.39, 0.29) is 0 Å². The SMILES string of the molecule is CC1(c2cc(O)c(O)c([N+](=O)[O-])c2)C=CC(C=O)=CC1. The van der Waals surface area contributed by atoms with Crippen molar-refractivity contribution < 1.29 is 19.9 Å². The highest BCUT2D eigenvalue weighted by Gasteiger charge is 2.29. The van der Waals surface area contributed by atoms with E-state index in [1.54, 1.807) is 18.2 Å². The molecule has 0 aliphatic heterocycles. The highest BCUT2D eigenvalue weighted by atomic mass is 16.6. The van der Waals surface area contributed by atoms with Crippen molar-refractivity contribution in [3.63, 3.8) is 0 Å². The molecule has 0 bridgehead atoms. The number of carbonyl (C=O) groups excluding carboxylic acids is 1. The van der Waals surface area contributed by atoms with Crippen LogP contribution in [0.4, 0.5) is 5.69 Å². The number of rotatable bonds is 3. The van der Waals surface area contributed by atoms with Crippen LogP contribution in [0.15, 0.2) is 35.9 Å². The second-order valence-electron chi connectivity index (χ2n) is 4.90. The number of hydrogen-bond acceptors (Lipinski definition) is 5. The molecule has 0 fully saturated rings. The Bertz CT molecular complexity index is 647. The van der Waals surface area contributed by atoms with Crippen molar-refractivity contribution in [2.24, 2.45) is 0 Å². The summed E-state index contributed by atoms with van der Waals surface area (Å²) in [5, 5.41) is 30.0. The lowest BCUT2D eigenvalue weighted by Gasteiger charge is -2.28. The molecule has 104 valence electrons. The molecule has 0 amide bonds. The van der Waals surface area contributed by atoms with Crippen molar-refractivity contribution >= 4 is 12.0 Å². The summed E-state index contributed by atoms with van der Waals surface area (Å²) < 4.78 is 0. The fraction of sp³-hybridized carbons (Fsp3) is 0.214. The van der Waals surface area contributed by atoms with E-state index in [9.17, 15) is 25.1 Å². The van der Waals surface area contributed by atoms with Gasteiger partial charge >= 0.3 is 5.69 Å². The minimum absolute atomic E-state index is 0.471. The van der Waals surface area contributed by atoms with Crippen LogP contribution in [0.2, 0.25) is 0 Å². The number of aldehydes is 1. The maximum atomic E-state index is 10.9. The van der Waals surface area contributed by atoms with Gasteiger partial charge in [-0.3, -0.25) is 14.9 Å². The first-order valence-electron chi connectivity index (χ1n) is 5.93. The molecule has 0 heterocycles. The maximum Gasteiger partial charge on any atom is 0.314 e.